The fraction of sp³-hybridized carbons (Fsp3) is 0.353. The van der Waals surface area contributed by atoms with Gasteiger partial charge in [0.2, 0.25) is 0 Å². The summed E-state index contributed by atoms with van der Waals surface area (Å²) in [6.45, 7) is 4.48. The molecule has 6 heteroatoms. The van der Waals surface area contributed by atoms with Gasteiger partial charge in [-0.1, -0.05) is 32.0 Å². The van der Waals surface area contributed by atoms with Crippen molar-refractivity contribution >= 4 is 5.91 Å². The van der Waals surface area contributed by atoms with Crippen LogP contribution in [0.15, 0.2) is 35.1 Å². The van der Waals surface area contributed by atoms with Crippen molar-refractivity contribution in [3.63, 3.8) is 0 Å². The number of amides is 1. The molecule has 1 aliphatic rings. The number of carbonyl (C=O) groups excluding carboxylic acids is 1. The number of ether oxygens (including phenoxy) is 1. The molecule has 1 amide bonds. The van der Waals surface area contributed by atoms with Crippen LogP contribution < -0.4 is 15.7 Å². The van der Waals surface area contributed by atoms with Gasteiger partial charge in [0.15, 0.2) is 0 Å². The first kappa shape index (κ1) is 15.3. The van der Waals surface area contributed by atoms with Crippen molar-refractivity contribution in [3.05, 3.63) is 57.8 Å². The van der Waals surface area contributed by atoms with Gasteiger partial charge < -0.3 is 15.0 Å². The van der Waals surface area contributed by atoms with Crippen LogP contribution in [0.3, 0.4) is 0 Å². The standard InChI is InChI=1S/C17H19N3O3/c1-10(2)7-11-8-13(20-17(22)18-11)16(21)19-14-9-23-15-6-4-3-5-12(14)15/h3-6,8,10,14H,7,9H2,1-2H3,(H,19,21)(H,18,20,22)/t14-/m1/s1. The van der Waals surface area contributed by atoms with Gasteiger partial charge in [-0.25, -0.2) is 4.79 Å². The van der Waals surface area contributed by atoms with Crippen molar-refractivity contribution in [1.82, 2.24) is 15.3 Å². The number of H-pyrrole nitrogens is 1. The number of aromatic amines is 1. The Bertz CT molecular complexity index is 783. The van der Waals surface area contributed by atoms with Gasteiger partial charge >= 0.3 is 5.69 Å². The van der Waals surface area contributed by atoms with Crippen LogP contribution >= 0.6 is 0 Å². The predicted octanol–water partition coefficient (Wildman–Crippen LogP) is 1.83. The maximum absolute atomic E-state index is 12.4. The Morgan fingerprint density at radius 2 is 2.22 bits per heavy atom. The number of rotatable bonds is 4. The van der Waals surface area contributed by atoms with E-state index in [0.717, 1.165) is 11.3 Å². The van der Waals surface area contributed by atoms with Gasteiger partial charge in [0.1, 0.15) is 18.1 Å². The van der Waals surface area contributed by atoms with Crippen molar-refractivity contribution in [1.29, 1.82) is 0 Å². The zero-order valence-electron chi connectivity index (χ0n) is 13.1. The second-order valence-electron chi connectivity index (χ2n) is 6.07. The van der Waals surface area contributed by atoms with Crippen LogP contribution in [0.2, 0.25) is 0 Å². The SMILES string of the molecule is CC(C)Cc1cc(C(=O)N[C@@H]2COc3ccccc32)nc(=O)[nH]1. The first-order valence-corrected chi connectivity index (χ1v) is 7.66. The molecule has 2 aromatic rings. The van der Waals surface area contributed by atoms with E-state index in [1.165, 1.54) is 0 Å². The quantitative estimate of drug-likeness (QED) is 0.902. The number of fused-ring (bicyclic) bond motifs is 1. The number of nitrogens with one attached hydrogen (secondary N) is 2. The van der Waals surface area contributed by atoms with Gasteiger partial charge in [-0.3, -0.25) is 4.79 Å². The Balaban J connectivity index is 1.79. The van der Waals surface area contributed by atoms with E-state index in [1.807, 2.05) is 38.1 Å². The lowest BCUT2D eigenvalue weighted by Crippen LogP contribution is -2.32. The summed E-state index contributed by atoms with van der Waals surface area (Å²) in [5, 5.41) is 2.88. The molecule has 2 heterocycles. The maximum Gasteiger partial charge on any atom is 0.345 e. The van der Waals surface area contributed by atoms with Gasteiger partial charge in [0.25, 0.3) is 5.91 Å². The molecule has 1 aromatic carbocycles. The number of aromatic nitrogens is 2. The lowest BCUT2D eigenvalue weighted by molar-refractivity contribution is 0.0924. The molecule has 2 N–H and O–H groups in total. The molecule has 3 rings (SSSR count). The van der Waals surface area contributed by atoms with Gasteiger partial charge in [-0.2, -0.15) is 4.98 Å². The van der Waals surface area contributed by atoms with Crippen LogP contribution in [0.1, 0.15) is 41.6 Å². The summed E-state index contributed by atoms with van der Waals surface area (Å²) in [7, 11) is 0. The Morgan fingerprint density at radius 1 is 1.43 bits per heavy atom. The molecule has 0 saturated carbocycles. The molecule has 1 aromatic heterocycles. The van der Waals surface area contributed by atoms with Crippen molar-refractivity contribution < 1.29 is 9.53 Å². The Morgan fingerprint density at radius 3 is 3.00 bits per heavy atom. The average molecular weight is 313 g/mol. The van der Waals surface area contributed by atoms with Gasteiger partial charge in [-0.15, -0.1) is 0 Å². The summed E-state index contributed by atoms with van der Waals surface area (Å²) in [5.74, 6) is 0.780. The number of para-hydroxylation sites is 1. The zero-order valence-corrected chi connectivity index (χ0v) is 13.1. The summed E-state index contributed by atoms with van der Waals surface area (Å²) >= 11 is 0. The molecular formula is C17H19N3O3. The highest BCUT2D eigenvalue weighted by molar-refractivity contribution is 5.92. The number of benzene rings is 1. The summed E-state index contributed by atoms with van der Waals surface area (Å²) < 4.78 is 5.54. The molecule has 120 valence electrons. The van der Waals surface area contributed by atoms with E-state index in [9.17, 15) is 9.59 Å². The highest BCUT2D eigenvalue weighted by atomic mass is 16.5. The van der Waals surface area contributed by atoms with Gasteiger partial charge in [0.05, 0.1) is 6.04 Å². The number of hydrogen-bond acceptors (Lipinski definition) is 4. The fourth-order valence-corrected chi connectivity index (χ4v) is 2.69. The average Bonchev–Trinajstić information content (AvgIpc) is 2.89. The fourth-order valence-electron chi connectivity index (χ4n) is 2.69. The van der Waals surface area contributed by atoms with Crippen LogP contribution in [0.25, 0.3) is 0 Å². The minimum atomic E-state index is -0.503. The maximum atomic E-state index is 12.4. The third-order valence-corrected chi connectivity index (χ3v) is 3.67. The van der Waals surface area contributed by atoms with E-state index in [4.69, 9.17) is 4.74 Å². The van der Waals surface area contributed by atoms with E-state index >= 15 is 0 Å². The van der Waals surface area contributed by atoms with E-state index in [0.29, 0.717) is 24.6 Å². The monoisotopic (exact) mass is 313 g/mol. The number of hydrogen-bond donors (Lipinski definition) is 2. The molecule has 0 radical (unpaired) electrons. The number of nitrogens with zero attached hydrogens (tertiary/aromatic N) is 1. The van der Waals surface area contributed by atoms with Crippen molar-refractivity contribution in [2.45, 2.75) is 26.3 Å². The van der Waals surface area contributed by atoms with Crippen LogP contribution in [0.4, 0.5) is 0 Å². The van der Waals surface area contributed by atoms with Crippen LogP contribution in [-0.2, 0) is 6.42 Å². The molecule has 0 spiro atoms. The largest absolute Gasteiger partial charge is 0.491 e. The lowest BCUT2D eigenvalue weighted by Gasteiger charge is -2.12. The van der Waals surface area contributed by atoms with Gasteiger partial charge in [0, 0.05) is 11.3 Å². The zero-order chi connectivity index (χ0) is 16.4. The molecule has 0 fully saturated rings. The first-order valence-electron chi connectivity index (χ1n) is 7.66. The third-order valence-electron chi connectivity index (χ3n) is 3.67. The third kappa shape index (κ3) is 3.41. The van der Waals surface area contributed by atoms with E-state index in [1.54, 1.807) is 6.07 Å². The molecule has 23 heavy (non-hydrogen) atoms. The van der Waals surface area contributed by atoms with Gasteiger partial charge in [-0.05, 0) is 24.5 Å². The van der Waals surface area contributed by atoms with E-state index < -0.39 is 5.69 Å². The lowest BCUT2D eigenvalue weighted by atomic mass is 10.1. The minimum Gasteiger partial charge on any atom is -0.491 e. The topological polar surface area (TPSA) is 84.1 Å². The van der Waals surface area contributed by atoms with E-state index in [-0.39, 0.29) is 17.6 Å². The summed E-state index contributed by atoms with van der Waals surface area (Å²) in [6, 6.07) is 8.99. The second-order valence-corrected chi connectivity index (χ2v) is 6.07. The molecule has 0 saturated heterocycles. The van der Waals surface area contributed by atoms with E-state index in [2.05, 4.69) is 15.3 Å². The molecule has 1 atom stereocenters. The molecular weight excluding hydrogens is 294 g/mol. The van der Waals surface area contributed by atoms with Crippen molar-refractivity contribution in [2.24, 2.45) is 5.92 Å². The highest BCUT2D eigenvalue weighted by Gasteiger charge is 2.26. The normalized spacial score (nSPS) is 16.0. The van der Waals surface area contributed by atoms with Crippen molar-refractivity contribution in [2.75, 3.05) is 6.61 Å². The van der Waals surface area contributed by atoms with Crippen LogP contribution in [0, 0.1) is 5.92 Å². The number of carbonyl (C=O) groups is 1. The Labute approximate surface area is 133 Å². The van der Waals surface area contributed by atoms with Crippen LogP contribution in [-0.4, -0.2) is 22.5 Å². The first-order chi connectivity index (χ1) is 11.0. The molecule has 6 nitrogen and oxygen atoms in total. The van der Waals surface area contributed by atoms with Crippen molar-refractivity contribution in [3.8, 4) is 5.75 Å². The predicted molar refractivity (Wildman–Crippen MR) is 85.5 cm³/mol. The molecule has 1 aliphatic heterocycles. The summed E-state index contributed by atoms with van der Waals surface area (Å²) in [4.78, 5) is 30.5. The highest BCUT2D eigenvalue weighted by Crippen LogP contribution is 2.31. The van der Waals surface area contributed by atoms with Crippen LogP contribution in [0.5, 0.6) is 5.75 Å². The minimum absolute atomic E-state index is 0.133. The summed E-state index contributed by atoms with van der Waals surface area (Å²) in [6.07, 6.45) is 0.688. The summed E-state index contributed by atoms with van der Waals surface area (Å²) in [5.41, 5.74) is 1.28. The molecule has 0 aliphatic carbocycles. The smallest absolute Gasteiger partial charge is 0.345 e. The molecule has 0 unspecified atom stereocenters. The Kier molecular flexibility index (Phi) is 4.14. The molecule has 0 bridgehead atoms. The second kappa shape index (κ2) is 6.24. The Hall–Kier alpha value is -2.63.